The Morgan fingerprint density at radius 3 is 2.30 bits per heavy atom. The number of methoxy groups -OCH3 is 1. The summed E-state index contributed by atoms with van der Waals surface area (Å²) in [4.78, 5) is 11.0. The number of carbonyl (C=O) groups excluding carboxylic acids is 1. The maximum Gasteiger partial charge on any atom is 0.309 e. The first-order chi connectivity index (χ1) is 11.3. The Bertz CT molecular complexity index is 322. The molecule has 0 spiro atoms. The molecular formula is C21H38O2. The molecule has 0 radical (unpaired) electrons. The molecule has 1 saturated carbocycles. The summed E-state index contributed by atoms with van der Waals surface area (Å²) in [7, 11) is 1.44. The Hall–Kier alpha value is -0.790. The molecule has 1 aliphatic rings. The lowest BCUT2D eigenvalue weighted by Gasteiger charge is -2.19. The maximum atomic E-state index is 11.0. The molecule has 1 rings (SSSR count). The largest absolute Gasteiger partial charge is 0.469 e. The van der Waals surface area contributed by atoms with Crippen molar-refractivity contribution in [1.82, 2.24) is 0 Å². The summed E-state index contributed by atoms with van der Waals surface area (Å²) >= 11 is 0. The van der Waals surface area contributed by atoms with Crippen molar-refractivity contribution in [2.24, 2.45) is 11.8 Å². The first-order valence-electron chi connectivity index (χ1n) is 9.99. The molecule has 0 aliphatic heterocycles. The summed E-state index contributed by atoms with van der Waals surface area (Å²) in [6, 6.07) is 0. The number of carbonyl (C=O) groups is 1. The van der Waals surface area contributed by atoms with Crippen LogP contribution < -0.4 is 0 Å². The molecule has 0 aromatic carbocycles. The second-order valence-electron chi connectivity index (χ2n) is 7.19. The Labute approximate surface area is 144 Å². The highest BCUT2D eigenvalue weighted by Gasteiger charge is 2.25. The Balaban J connectivity index is 2.05. The number of rotatable bonds is 13. The van der Waals surface area contributed by atoms with Crippen LogP contribution in [0.25, 0.3) is 0 Å². The van der Waals surface area contributed by atoms with Gasteiger partial charge in [0.2, 0.25) is 0 Å². The van der Waals surface area contributed by atoms with E-state index in [1.807, 2.05) is 6.08 Å². The minimum Gasteiger partial charge on any atom is -0.469 e. The van der Waals surface area contributed by atoms with E-state index in [1.165, 1.54) is 84.2 Å². The van der Waals surface area contributed by atoms with Gasteiger partial charge in [0.15, 0.2) is 0 Å². The zero-order chi connectivity index (χ0) is 16.8. The highest BCUT2D eigenvalue weighted by Crippen LogP contribution is 2.38. The van der Waals surface area contributed by atoms with Gasteiger partial charge in [-0.25, -0.2) is 0 Å². The van der Waals surface area contributed by atoms with Gasteiger partial charge in [-0.1, -0.05) is 83.3 Å². The minimum atomic E-state index is -0.143. The van der Waals surface area contributed by atoms with Crippen molar-refractivity contribution in [3.05, 3.63) is 12.2 Å². The normalized spacial score (nSPS) is 21.1. The zero-order valence-electron chi connectivity index (χ0n) is 15.5. The fourth-order valence-corrected chi connectivity index (χ4v) is 3.94. The lowest BCUT2D eigenvalue weighted by atomic mass is 9.87. The van der Waals surface area contributed by atoms with Crippen molar-refractivity contribution in [2.75, 3.05) is 7.11 Å². The van der Waals surface area contributed by atoms with Crippen LogP contribution in [0.15, 0.2) is 12.2 Å². The lowest BCUT2D eigenvalue weighted by molar-refractivity contribution is -0.139. The third-order valence-electron chi connectivity index (χ3n) is 5.37. The van der Waals surface area contributed by atoms with Crippen LogP contribution in [-0.4, -0.2) is 13.1 Å². The second-order valence-corrected chi connectivity index (χ2v) is 7.19. The summed E-state index contributed by atoms with van der Waals surface area (Å²) in [5, 5.41) is 0. The van der Waals surface area contributed by atoms with Crippen molar-refractivity contribution in [3.8, 4) is 0 Å². The van der Waals surface area contributed by atoms with Crippen molar-refractivity contribution in [2.45, 2.75) is 96.8 Å². The minimum absolute atomic E-state index is 0.143. The Kier molecular flexibility index (Phi) is 12.0. The molecule has 2 atom stereocenters. The maximum absolute atomic E-state index is 11.0. The molecule has 1 aliphatic carbocycles. The molecule has 0 bridgehead atoms. The van der Waals surface area contributed by atoms with Crippen molar-refractivity contribution in [1.29, 1.82) is 0 Å². The number of allylic oxidation sites excluding steroid dienone is 1. The van der Waals surface area contributed by atoms with Gasteiger partial charge < -0.3 is 4.74 Å². The second kappa shape index (κ2) is 13.6. The number of hydrogen-bond donors (Lipinski definition) is 0. The van der Waals surface area contributed by atoms with Crippen LogP contribution in [0.4, 0.5) is 0 Å². The summed E-state index contributed by atoms with van der Waals surface area (Å²) in [6.45, 7) is 2.29. The first kappa shape index (κ1) is 20.3. The molecule has 0 N–H and O–H groups in total. The van der Waals surface area contributed by atoms with Crippen LogP contribution in [0.5, 0.6) is 0 Å². The van der Waals surface area contributed by atoms with E-state index in [9.17, 15) is 4.79 Å². The fourth-order valence-electron chi connectivity index (χ4n) is 3.94. The lowest BCUT2D eigenvalue weighted by Crippen LogP contribution is -2.07. The van der Waals surface area contributed by atoms with Crippen LogP contribution >= 0.6 is 0 Å². The van der Waals surface area contributed by atoms with E-state index in [2.05, 4.69) is 17.7 Å². The van der Waals surface area contributed by atoms with E-state index in [1.54, 1.807) is 0 Å². The molecular weight excluding hydrogens is 284 g/mol. The fraction of sp³-hybridized carbons (Fsp3) is 0.857. The molecule has 2 nitrogen and oxygen atoms in total. The molecule has 23 heavy (non-hydrogen) atoms. The molecule has 0 aromatic heterocycles. The van der Waals surface area contributed by atoms with Crippen molar-refractivity contribution < 1.29 is 9.53 Å². The average molecular weight is 323 g/mol. The number of hydrogen-bond acceptors (Lipinski definition) is 2. The molecule has 1 fully saturated rings. The molecule has 0 saturated heterocycles. The highest BCUT2D eigenvalue weighted by atomic mass is 16.5. The zero-order valence-corrected chi connectivity index (χ0v) is 15.5. The van der Waals surface area contributed by atoms with Crippen LogP contribution in [0.1, 0.15) is 96.8 Å². The third kappa shape index (κ3) is 9.84. The molecule has 0 aromatic rings. The summed E-state index contributed by atoms with van der Waals surface area (Å²) in [5.74, 6) is 1.83. The summed E-state index contributed by atoms with van der Waals surface area (Å²) < 4.78 is 4.63. The third-order valence-corrected chi connectivity index (χ3v) is 5.37. The molecule has 134 valence electrons. The van der Waals surface area contributed by atoms with Crippen molar-refractivity contribution >= 4 is 5.97 Å². The SMILES string of the molecule is CCCCCCCC[C@H]1CCC[C@@H]1CCCC=CCC(=O)OC. The number of ether oxygens (including phenoxy) is 1. The Morgan fingerprint density at radius 2 is 1.61 bits per heavy atom. The quantitative estimate of drug-likeness (QED) is 0.221. The van der Waals surface area contributed by atoms with E-state index in [-0.39, 0.29) is 5.97 Å². The van der Waals surface area contributed by atoms with Gasteiger partial charge in [0, 0.05) is 0 Å². The summed E-state index contributed by atoms with van der Waals surface area (Å²) in [5.41, 5.74) is 0. The van der Waals surface area contributed by atoms with E-state index in [4.69, 9.17) is 0 Å². The molecule has 0 amide bonds. The van der Waals surface area contributed by atoms with E-state index in [0.717, 1.165) is 18.3 Å². The average Bonchev–Trinajstić information content (AvgIpc) is 3.01. The summed E-state index contributed by atoms with van der Waals surface area (Å²) in [6.07, 6.45) is 22.6. The van der Waals surface area contributed by atoms with Gasteiger partial charge in [-0.05, 0) is 31.1 Å². The van der Waals surface area contributed by atoms with E-state index in [0.29, 0.717) is 6.42 Å². The van der Waals surface area contributed by atoms with Gasteiger partial charge in [-0.15, -0.1) is 0 Å². The molecule has 2 heteroatoms. The smallest absolute Gasteiger partial charge is 0.309 e. The number of esters is 1. The monoisotopic (exact) mass is 322 g/mol. The predicted octanol–water partition coefficient (Wildman–Crippen LogP) is 6.44. The standard InChI is InChI=1S/C21H38O2/c1-3-4-5-6-7-10-14-19-16-13-17-20(19)15-11-8-9-12-18-21(22)23-2/h9,12,19-20H,3-8,10-11,13-18H2,1-2H3/t19-,20-/m0/s1. The van der Waals surface area contributed by atoms with Gasteiger partial charge in [-0.2, -0.15) is 0 Å². The predicted molar refractivity (Wildman–Crippen MR) is 98.4 cm³/mol. The highest BCUT2D eigenvalue weighted by molar-refractivity contribution is 5.70. The topological polar surface area (TPSA) is 26.3 Å². The van der Waals surface area contributed by atoms with Gasteiger partial charge in [0.1, 0.15) is 0 Å². The Morgan fingerprint density at radius 1 is 0.957 bits per heavy atom. The van der Waals surface area contributed by atoms with E-state index >= 15 is 0 Å². The van der Waals surface area contributed by atoms with Crippen LogP contribution in [0.3, 0.4) is 0 Å². The molecule has 0 heterocycles. The van der Waals surface area contributed by atoms with Crippen LogP contribution in [0.2, 0.25) is 0 Å². The van der Waals surface area contributed by atoms with Gasteiger partial charge >= 0.3 is 5.97 Å². The van der Waals surface area contributed by atoms with Crippen LogP contribution in [-0.2, 0) is 9.53 Å². The number of unbranched alkanes of at least 4 members (excludes halogenated alkanes) is 6. The van der Waals surface area contributed by atoms with Gasteiger partial charge in [0.05, 0.1) is 13.5 Å². The van der Waals surface area contributed by atoms with Crippen LogP contribution in [0, 0.1) is 11.8 Å². The van der Waals surface area contributed by atoms with Gasteiger partial charge in [-0.3, -0.25) is 4.79 Å². The van der Waals surface area contributed by atoms with Gasteiger partial charge in [0.25, 0.3) is 0 Å². The van der Waals surface area contributed by atoms with E-state index < -0.39 is 0 Å². The first-order valence-corrected chi connectivity index (χ1v) is 9.99. The van der Waals surface area contributed by atoms with Crippen molar-refractivity contribution in [3.63, 3.8) is 0 Å². The molecule has 0 unspecified atom stereocenters.